The standard InChI is InChI=1S/C23H19ClN2O3/c1-12-17(24)6-3-7-18(12)25-21(27)15-4-2-5-16(11-15)26-22(28)19-13-8-9-14(10-13)20(19)23(26)29/h2-9,11,13-14,19-20H,10H2,1H3,(H,25,27). The molecule has 2 aromatic carbocycles. The van der Waals surface area contributed by atoms with Crippen molar-refractivity contribution in [3.05, 3.63) is 70.8 Å². The van der Waals surface area contributed by atoms with Crippen LogP contribution < -0.4 is 10.2 Å². The summed E-state index contributed by atoms with van der Waals surface area (Å²) in [5.74, 6) is -0.834. The van der Waals surface area contributed by atoms with Crippen LogP contribution in [0.5, 0.6) is 0 Å². The highest BCUT2D eigenvalue weighted by Gasteiger charge is 2.59. The van der Waals surface area contributed by atoms with Crippen molar-refractivity contribution in [3.63, 3.8) is 0 Å². The number of carbonyl (C=O) groups excluding carboxylic acids is 3. The van der Waals surface area contributed by atoms with E-state index in [9.17, 15) is 14.4 Å². The van der Waals surface area contributed by atoms with Gasteiger partial charge in [0.2, 0.25) is 11.8 Å². The summed E-state index contributed by atoms with van der Waals surface area (Å²) in [5, 5.41) is 3.42. The Morgan fingerprint density at radius 3 is 2.38 bits per heavy atom. The molecule has 1 aliphatic heterocycles. The number of allylic oxidation sites excluding steroid dienone is 2. The zero-order valence-corrected chi connectivity index (χ0v) is 16.5. The monoisotopic (exact) mass is 406 g/mol. The van der Waals surface area contributed by atoms with Gasteiger partial charge in [-0.2, -0.15) is 0 Å². The van der Waals surface area contributed by atoms with Gasteiger partial charge < -0.3 is 5.32 Å². The van der Waals surface area contributed by atoms with Gasteiger partial charge in [0.25, 0.3) is 5.91 Å². The van der Waals surface area contributed by atoms with E-state index < -0.39 is 0 Å². The fourth-order valence-corrected chi connectivity index (χ4v) is 5.05. The summed E-state index contributed by atoms with van der Waals surface area (Å²) in [6.45, 7) is 1.83. The second-order valence-electron chi connectivity index (χ2n) is 7.93. The summed E-state index contributed by atoms with van der Waals surface area (Å²) in [6.07, 6.45) is 5.03. The molecule has 2 fully saturated rings. The summed E-state index contributed by atoms with van der Waals surface area (Å²) in [7, 11) is 0. The first-order valence-corrected chi connectivity index (χ1v) is 10.1. The maximum absolute atomic E-state index is 13.0. The SMILES string of the molecule is Cc1c(Cl)cccc1NC(=O)c1cccc(N2C(=O)C3C4C=CC(C4)C3C2=O)c1. The molecule has 0 radical (unpaired) electrons. The number of benzene rings is 2. The van der Waals surface area contributed by atoms with Crippen molar-refractivity contribution in [2.75, 3.05) is 10.2 Å². The molecule has 6 heteroatoms. The van der Waals surface area contributed by atoms with Gasteiger partial charge in [-0.1, -0.05) is 35.9 Å². The van der Waals surface area contributed by atoms with Crippen LogP contribution in [0.3, 0.4) is 0 Å². The molecular weight excluding hydrogens is 388 g/mol. The Morgan fingerprint density at radius 2 is 1.69 bits per heavy atom. The van der Waals surface area contributed by atoms with Crippen LogP contribution >= 0.6 is 11.6 Å². The number of fused-ring (bicyclic) bond motifs is 5. The maximum Gasteiger partial charge on any atom is 0.255 e. The van der Waals surface area contributed by atoms with Crippen LogP contribution in [0, 0.1) is 30.6 Å². The Balaban J connectivity index is 1.42. The van der Waals surface area contributed by atoms with Crippen molar-refractivity contribution in [3.8, 4) is 0 Å². The van der Waals surface area contributed by atoms with Crippen molar-refractivity contribution in [2.24, 2.45) is 23.7 Å². The molecule has 5 rings (SSSR count). The minimum absolute atomic E-state index is 0.153. The van der Waals surface area contributed by atoms with Crippen molar-refractivity contribution in [1.82, 2.24) is 0 Å². The van der Waals surface area contributed by atoms with Crippen LogP contribution in [0.2, 0.25) is 5.02 Å². The lowest BCUT2D eigenvalue weighted by Crippen LogP contribution is -2.33. The molecule has 0 spiro atoms. The van der Waals surface area contributed by atoms with Crippen LogP contribution in [-0.4, -0.2) is 17.7 Å². The Hall–Kier alpha value is -2.92. The lowest BCUT2D eigenvalue weighted by atomic mass is 9.85. The molecule has 4 unspecified atom stereocenters. The molecule has 29 heavy (non-hydrogen) atoms. The van der Waals surface area contributed by atoms with E-state index in [1.54, 1.807) is 42.5 Å². The van der Waals surface area contributed by atoms with Crippen LogP contribution in [0.15, 0.2) is 54.6 Å². The number of anilines is 2. The zero-order chi connectivity index (χ0) is 20.3. The first kappa shape index (κ1) is 18.1. The van der Waals surface area contributed by atoms with Gasteiger partial charge in [0.1, 0.15) is 0 Å². The molecular formula is C23H19ClN2O3. The van der Waals surface area contributed by atoms with Gasteiger partial charge in [0.15, 0.2) is 0 Å². The summed E-state index contributed by atoms with van der Waals surface area (Å²) >= 11 is 6.12. The summed E-state index contributed by atoms with van der Waals surface area (Å²) in [6, 6.07) is 12.0. The van der Waals surface area contributed by atoms with Crippen LogP contribution in [0.1, 0.15) is 22.3 Å². The van der Waals surface area contributed by atoms with E-state index in [0.29, 0.717) is 22.0 Å². The van der Waals surface area contributed by atoms with E-state index >= 15 is 0 Å². The number of hydrogen-bond acceptors (Lipinski definition) is 3. The number of nitrogens with one attached hydrogen (secondary N) is 1. The molecule has 1 N–H and O–H groups in total. The molecule has 3 amide bonds. The van der Waals surface area contributed by atoms with Gasteiger partial charge in [-0.3, -0.25) is 14.4 Å². The summed E-state index contributed by atoms with van der Waals surface area (Å²) in [4.78, 5) is 40.0. The van der Waals surface area contributed by atoms with Crippen molar-refractivity contribution in [2.45, 2.75) is 13.3 Å². The number of imide groups is 1. The summed E-state index contributed by atoms with van der Waals surface area (Å²) < 4.78 is 0. The number of hydrogen-bond donors (Lipinski definition) is 1. The Kier molecular flexibility index (Phi) is 4.10. The van der Waals surface area contributed by atoms with E-state index in [1.807, 2.05) is 6.92 Å². The van der Waals surface area contributed by atoms with E-state index in [1.165, 1.54) is 4.90 Å². The number of rotatable bonds is 3. The molecule has 146 valence electrons. The molecule has 1 heterocycles. The second kappa shape index (κ2) is 6.56. The maximum atomic E-state index is 13.0. The molecule has 2 aromatic rings. The van der Waals surface area contributed by atoms with Gasteiger partial charge in [0, 0.05) is 16.3 Å². The predicted octanol–water partition coefficient (Wildman–Crippen LogP) is 4.21. The Labute approximate surface area is 173 Å². The number of carbonyl (C=O) groups is 3. The number of nitrogens with zero attached hydrogens (tertiary/aromatic N) is 1. The first-order chi connectivity index (χ1) is 14.0. The quantitative estimate of drug-likeness (QED) is 0.613. The van der Waals surface area contributed by atoms with Crippen LogP contribution in [0.4, 0.5) is 11.4 Å². The van der Waals surface area contributed by atoms with Crippen LogP contribution in [-0.2, 0) is 9.59 Å². The second-order valence-corrected chi connectivity index (χ2v) is 8.34. The molecule has 2 bridgehead atoms. The molecule has 4 atom stereocenters. The lowest BCUT2D eigenvalue weighted by Gasteiger charge is -2.18. The minimum atomic E-state index is -0.321. The third-order valence-electron chi connectivity index (χ3n) is 6.35. The van der Waals surface area contributed by atoms with E-state index in [4.69, 9.17) is 11.6 Å². The van der Waals surface area contributed by atoms with E-state index in [0.717, 1.165) is 12.0 Å². The normalized spacial score (nSPS) is 26.9. The number of amides is 3. The van der Waals surface area contributed by atoms with E-state index in [-0.39, 0.29) is 41.4 Å². The molecule has 5 nitrogen and oxygen atoms in total. The predicted molar refractivity (Wildman–Crippen MR) is 111 cm³/mol. The van der Waals surface area contributed by atoms with Crippen molar-refractivity contribution >= 4 is 40.7 Å². The van der Waals surface area contributed by atoms with E-state index in [2.05, 4.69) is 17.5 Å². The largest absolute Gasteiger partial charge is 0.322 e. The van der Waals surface area contributed by atoms with Crippen LogP contribution in [0.25, 0.3) is 0 Å². The van der Waals surface area contributed by atoms with Gasteiger partial charge >= 0.3 is 0 Å². The highest BCUT2D eigenvalue weighted by Crippen LogP contribution is 2.53. The fourth-order valence-electron chi connectivity index (χ4n) is 4.88. The highest BCUT2D eigenvalue weighted by molar-refractivity contribution is 6.31. The molecule has 2 aliphatic carbocycles. The molecule has 1 saturated heterocycles. The third-order valence-corrected chi connectivity index (χ3v) is 6.76. The lowest BCUT2D eigenvalue weighted by molar-refractivity contribution is -0.123. The minimum Gasteiger partial charge on any atom is -0.322 e. The third kappa shape index (κ3) is 2.72. The van der Waals surface area contributed by atoms with Gasteiger partial charge in [-0.25, -0.2) is 4.90 Å². The average Bonchev–Trinajstić information content (AvgIpc) is 3.39. The number of halogens is 1. The Morgan fingerprint density at radius 1 is 1.03 bits per heavy atom. The highest BCUT2D eigenvalue weighted by atomic mass is 35.5. The summed E-state index contributed by atoms with van der Waals surface area (Å²) in [5.41, 5.74) is 2.22. The topological polar surface area (TPSA) is 66.5 Å². The Bertz CT molecular complexity index is 1060. The van der Waals surface area contributed by atoms with Gasteiger partial charge in [-0.15, -0.1) is 0 Å². The van der Waals surface area contributed by atoms with Crippen molar-refractivity contribution in [1.29, 1.82) is 0 Å². The zero-order valence-electron chi connectivity index (χ0n) is 15.8. The molecule has 3 aliphatic rings. The average molecular weight is 407 g/mol. The van der Waals surface area contributed by atoms with Gasteiger partial charge in [0.05, 0.1) is 17.5 Å². The smallest absolute Gasteiger partial charge is 0.255 e. The van der Waals surface area contributed by atoms with Gasteiger partial charge in [-0.05, 0) is 61.1 Å². The molecule has 1 saturated carbocycles. The fraction of sp³-hybridized carbons (Fsp3) is 0.261. The van der Waals surface area contributed by atoms with Crippen molar-refractivity contribution < 1.29 is 14.4 Å². The molecule has 0 aromatic heterocycles. The first-order valence-electron chi connectivity index (χ1n) is 9.68.